The zero-order chi connectivity index (χ0) is 17.3. The second-order valence-corrected chi connectivity index (χ2v) is 5.26. The van der Waals surface area contributed by atoms with E-state index in [-0.39, 0.29) is 16.3 Å². The summed E-state index contributed by atoms with van der Waals surface area (Å²) in [5.74, 6) is -0.251. The largest absolute Gasteiger partial charge is 0.465 e. The van der Waals surface area contributed by atoms with E-state index in [2.05, 4.69) is 15.4 Å². The highest BCUT2D eigenvalue weighted by Crippen LogP contribution is 2.28. The lowest BCUT2D eigenvalue weighted by atomic mass is 10.1. The number of urea groups is 1. The molecule has 2 heterocycles. The molecule has 1 aliphatic heterocycles. The van der Waals surface area contributed by atoms with Crippen molar-refractivity contribution in [3.05, 3.63) is 52.4 Å². The number of methoxy groups -OCH3 is 1. The van der Waals surface area contributed by atoms with E-state index in [4.69, 9.17) is 16.0 Å². The van der Waals surface area contributed by atoms with Gasteiger partial charge in [0.2, 0.25) is 0 Å². The Kier molecular flexibility index (Phi) is 4.09. The van der Waals surface area contributed by atoms with Crippen LogP contribution in [0.15, 0.2) is 40.4 Å². The molecule has 0 spiro atoms. The van der Waals surface area contributed by atoms with Gasteiger partial charge in [-0.3, -0.25) is 10.1 Å². The van der Waals surface area contributed by atoms with Gasteiger partial charge in [-0.15, -0.1) is 0 Å². The number of rotatable bonds is 3. The number of esters is 1. The number of hydrogen-bond acceptors (Lipinski definition) is 5. The van der Waals surface area contributed by atoms with Gasteiger partial charge in [0.05, 0.1) is 17.7 Å². The van der Waals surface area contributed by atoms with E-state index >= 15 is 0 Å². The molecule has 1 fully saturated rings. The molecule has 3 rings (SSSR count). The molecule has 7 nitrogen and oxygen atoms in total. The second kappa shape index (κ2) is 6.21. The minimum atomic E-state index is -0.585. The molecule has 1 aliphatic rings. The van der Waals surface area contributed by atoms with Crippen LogP contribution >= 0.6 is 11.6 Å². The Morgan fingerprint density at radius 3 is 2.67 bits per heavy atom. The van der Waals surface area contributed by atoms with Crippen LogP contribution in [-0.2, 0) is 9.53 Å². The third kappa shape index (κ3) is 3.02. The van der Waals surface area contributed by atoms with Crippen LogP contribution in [0.25, 0.3) is 17.4 Å². The minimum Gasteiger partial charge on any atom is -0.465 e. The number of hydrogen-bond donors (Lipinski definition) is 2. The normalized spacial score (nSPS) is 15.3. The Morgan fingerprint density at radius 2 is 2.00 bits per heavy atom. The van der Waals surface area contributed by atoms with Crippen LogP contribution in [0.3, 0.4) is 0 Å². The van der Waals surface area contributed by atoms with E-state index in [0.717, 1.165) is 0 Å². The fourth-order valence-electron chi connectivity index (χ4n) is 2.16. The number of carbonyl (C=O) groups is 3. The smallest absolute Gasteiger partial charge is 0.339 e. The Balaban J connectivity index is 1.91. The summed E-state index contributed by atoms with van der Waals surface area (Å²) in [6.07, 6.45) is 1.40. The van der Waals surface area contributed by atoms with E-state index in [1.54, 1.807) is 30.3 Å². The summed E-state index contributed by atoms with van der Waals surface area (Å²) in [5.41, 5.74) is 0.923. The first kappa shape index (κ1) is 15.8. The lowest BCUT2D eigenvalue weighted by Crippen LogP contribution is -2.22. The highest BCUT2D eigenvalue weighted by molar-refractivity contribution is 6.33. The molecule has 0 atom stereocenters. The van der Waals surface area contributed by atoms with Gasteiger partial charge in [0, 0.05) is 11.6 Å². The highest BCUT2D eigenvalue weighted by Gasteiger charge is 2.23. The van der Waals surface area contributed by atoms with Gasteiger partial charge in [-0.25, -0.2) is 9.59 Å². The number of carbonyl (C=O) groups excluding carboxylic acids is 3. The van der Waals surface area contributed by atoms with E-state index in [9.17, 15) is 14.4 Å². The third-order valence-electron chi connectivity index (χ3n) is 3.29. The average Bonchev–Trinajstić information content (AvgIpc) is 3.14. The van der Waals surface area contributed by atoms with Crippen molar-refractivity contribution in [2.45, 2.75) is 0 Å². The lowest BCUT2D eigenvalue weighted by Gasteiger charge is -2.04. The van der Waals surface area contributed by atoms with Crippen LogP contribution in [-0.4, -0.2) is 25.0 Å². The van der Waals surface area contributed by atoms with Crippen LogP contribution in [0, 0.1) is 0 Å². The zero-order valence-corrected chi connectivity index (χ0v) is 13.1. The van der Waals surface area contributed by atoms with Crippen molar-refractivity contribution in [3.8, 4) is 11.3 Å². The number of nitrogens with one attached hydrogen (secondary N) is 2. The van der Waals surface area contributed by atoms with Gasteiger partial charge in [-0.1, -0.05) is 11.6 Å². The summed E-state index contributed by atoms with van der Waals surface area (Å²) in [6, 6.07) is 7.52. The monoisotopic (exact) mass is 346 g/mol. The maximum Gasteiger partial charge on any atom is 0.339 e. The van der Waals surface area contributed by atoms with Crippen molar-refractivity contribution < 1.29 is 23.5 Å². The number of furan rings is 1. The molecule has 2 N–H and O–H groups in total. The Bertz CT molecular complexity index is 884. The second-order valence-electron chi connectivity index (χ2n) is 4.85. The summed E-state index contributed by atoms with van der Waals surface area (Å²) in [6.45, 7) is 0. The maximum atomic E-state index is 11.7. The number of halogens is 1. The number of benzene rings is 1. The minimum absolute atomic E-state index is 0.0901. The summed E-state index contributed by atoms with van der Waals surface area (Å²) < 4.78 is 10.3. The Morgan fingerprint density at radius 1 is 1.21 bits per heavy atom. The molecule has 1 aromatic heterocycles. The maximum absolute atomic E-state index is 11.7. The topological polar surface area (TPSA) is 97.6 Å². The van der Waals surface area contributed by atoms with Gasteiger partial charge in [0.25, 0.3) is 5.91 Å². The fraction of sp³-hybridized carbons (Fsp3) is 0.0625. The summed E-state index contributed by atoms with van der Waals surface area (Å²) in [4.78, 5) is 34.2. The molecule has 0 bridgehead atoms. The van der Waals surface area contributed by atoms with Gasteiger partial charge >= 0.3 is 12.0 Å². The number of ether oxygens (including phenoxy) is 1. The Labute approximate surface area is 141 Å². The van der Waals surface area contributed by atoms with E-state index < -0.39 is 17.9 Å². The van der Waals surface area contributed by atoms with Gasteiger partial charge in [0.1, 0.15) is 17.2 Å². The van der Waals surface area contributed by atoms with Gasteiger partial charge in [-0.2, -0.15) is 0 Å². The zero-order valence-electron chi connectivity index (χ0n) is 12.4. The molecular formula is C16H11ClN2O5. The first-order valence-corrected chi connectivity index (χ1v) is 7.18. The van der Waals surface area contributed by atoms with Crippen molar-refractivity contribution >= 4 is 35.6 Å². The standard InChI is InChI=1S/C16H11ClN2O5/c1-23-15(21)10-6-8(2-4-11(10)17)13-5-3-9(24-13)7-12-14(20)19-16(22)18-12/h2-7H,1H3,(H2,18,19,20,22). The van der Waals surface area contributed by atoms with Crippen molar-refractivity contribution in [2.24, 2.45) is 0 Å². The quantitative estimate of drug-likeness (QED) is 0.505. The van der Waals surface area contributed by atoms with Crippen LogP contribution in [0.2, 0.25) is 5.02 Å². The van der Waals surface area contributed by atoms with Crippen molar-refractivity contribution in [1.82, 2.24) is 10.6 Å². The molecule has 1 saturated heterocycles. The summed E-state index contributed by atoms with van der Waals surface area (Å²) in [5, 5.41) is 4.72. The van der Waals surface area contributed by atoms with Crippen molar-refractivity contribution in [2.75, 3.05) is 7.11 Å². The SMILES string of the molecule is COC(=O)c1cc(-c2ccc(C=C3NC(=O)NC3=O)o2)ccc1Cl. The molecule has 0 unspecified atom stereocenters. The number of imide groups is 1. The van der Waals surface area contributed by atoms with Crippen LogP contribution in [0.1, 0.15) is 16.1 Å². The molecule has 0 radical (unpaired) electrons. The fourth-order valence-corrected chi connectivity index (χ4v) is 2.35. The molecule has 2 aromatic rings. The van der Waals surface area contributed by atoms with Crippen molar-refractivity contribution in [1.29, 1.82) is 0 Å². The highest BCUT2D eigenvalue weighted by atomic mass is 35.5. The van der Waals surface area contributed by atoms with E-state index in [1.165, 1.54) is 13.2 Å². The molecule has 3 amide bonds. The number of amides is 3. The van der Waals surface area contributed by atoms with E-state index in [0.29, 0.717) is 17.1 Å². The summed E-state index contributed by atoms with van der Waals surface area (Å²) in [7, 11) is 1.27. The molecule has 0 aliphatic carbocycles. The predicted octanol–water partition coefficient (Wildman–Crippen LogP) is 2.57. The Hall–Kier alpha value is -3.06. The third-order valence-corrected chi connectivity index (χ3v) is 3.62. The van der Waals surface area contributed by atoms with E-state index in [1.807, 2.05) is 0 Å². The average molecular weight is 347 g/mol. The predicted molar refractivity (Wildman–Crippen MR) is 85.1 cm³/mol. The molecule has 1 aromatic carbocycles. The van der Waals surface area contributed by atoms with Gasteiger partial charge in [0.15, 0.2) is 0 Å². The molecule has 0 saturated carbocycles. The first-order chi connectivity index (χ1) is 11.5. The first-order valence-electron chi connectivity index (χ1n) is 6.80. The molecular weight excluding hydrogens is 336 g/mol. The van der Waals surface area contributed by atoms with Crippen LogP contribution in [0.4, 0.5) is 4.79 Å². The lowest BCUT2D eigenvalue weighted by molar-refractivity contribution is -0.115. The van der Waals surface area contributed by atoms with Gasteiger partial charge < -0.3 is 14.5 Å². The van der Waals surface area contributed by atoms with Gasteiger partial charge in [-0.05, 0) is 30.3 Å². The molecule has 122 valence electrons. The van der Waals surface area contributed by atoms with Crippen LogP contribution in [0.5, 0.6) is 0 Å². The molecule has 24 heavy (non-hydrogen) atoms. The summed E-state index contributed by atoms with van der Waals surface area (Å²) >= 11 is 5.98. The van der Waals surface area contributed by atoms with Crippen LogP contribution < -0.4 is 10.6 Å². The van der Waals surface area contributed by atoms with Crippen molar-refractivity contribution in [3.63, 3.8) is 0 Å². The molecule has 8 heteroatoms.